The summed E-state index contributed by atoms with van der Waals surface area (Å²) in [7, 11) is -3.82. The van der Waals surface area contributed by atoms with Gasteiger partial charge < -0.3 is 10.5 Å². The van der Waals surface area contributed by atoms with Crippen LogP contribution in [0, 0.1) is 10.1 Å². The van der Waals surface area contributed by atoms with Gasteiger partial charge in [0.15, 0.2) is 0 Å². The monoisotopic (exact) mass is 315 g/mol. The number of hydrogen-bond donors (Lipinski definition) is 2. The molecule has 1 heterocycles. The van der Waals surface area contributed by atoms with Gasteiger partial charge in [-0.25, -0.2) is 13.1 Å². The van der Waals surface area contributed by atoms with Gasteiger partial charge in [0.05, 0.1) is 22.0 Å². The Hall–Kier alpha value is -1.71. The first kappa shape index (κ1) is 15.7. The molecular formula is C12H17N3O5S. The van der Waals surface area contributed by atoms with Crippen LogP contribution in [-0.2, 0) is 14.8 Å². The zero-order chi connectivity index (χ0) is 15.7. The summed E-state index contributed by atoms with van der Waals surface area (Å²) in [6.07, 6.45) is 1.43. The molecule has 1 fully saturated rings. The van der Waals surface area contributed by atoms with Crippen LogP contribution < -0.4 is 10.5 Å². The van der Waals surface area contributed by atoms with Gasteiger partial charge in [-0.3, -0.25) is 10.1 Å². The first-order valence-corrected chi connectivity index (χ1v) is 7.87. The maximum Gasteiger partial charge on any atom is 0.292 e. The van der Waals surface area contributed by atoms with Gasteiger partial charge in [-0.1, -0.05) is 0 Å². The number of nitrogens with one attached hydrogen (secondary N) is 1. The van der Waals surface area contributed by atoms with E-state index in [1.54, 1.807) is 6.92 Å². The van der Waals surface area contributed by atoms with Crippen molar-refractivity contribution in [3.05, 3.63) is 28.3 Å². The van der Waals surface area contributed by atoms with Gasteiger partial charge in [-0.15, -0.1) is 0 Å². The van der Waals surface area contributed by atoms with Crippen LogP contribution in [0.25, 0.3) is 0 Å². The molecule has 116 valence electrons. The minimum atomic E-state index is -3.82. The summed E-state index contributed by atoms with van der Waals surface area (Å²) in [4.78, 5) is 9.94. The third kappa shape index (κ3) is 3.49. The molecule has 3 N–H and O–H groups in total. The van der Waals surface area contributed by atoms with Crippen LogP contribution in [0.4, 0.5) is 11.4 Å². The first-order chi connectivity index (χ1) is 9.73. The molecule has 0 amide bonds. The SMILES string of the molecule is CC1(NS(=O)(=O)c2ccc([N+](=O)[O-])c(N)c2)CCCOC1. The van der Waals surface area contributed by atoms with Crippen LogP contribution in [0.15, 0.2) is 23.1 Å². The van der Waals surface area contributed by atoms with E-state index in [0.717, 1.165) is 18.6 Å². The highest BCUT2D eigenvalue weighted by Crippen LogP contribution is 2.26. The number of nitrogens with two attached hydrogens (primary N) is 1. The summed E-state index contributed by atoms with van der Waals surface area (Å²) in [5.41, 5.74) is 4.33. The van der Waals surface area contributed by atoms with Crippen LogP contribution in [-0.4, -0.2) is 32.1 Å². The number of ether oxygens (including phenoxy) is 1. The molecule has 2 rings (SSSR count). The standard InChI is InChI=1S/C12H17N3O5S/c1-12(5-2-6-20-8-12)14-21(18,19)9-3-4-11(15(16)17)10(13)7-9/h3-4,7,14H,2,5-6,8,13H2,1H3. The van der Waals surface area contributed by atoms with E-state index in [4.69, 9.17) is 10.5 Å². The number of benzene rings is 1. The average molecular weight is 315 g/mol. The second-order valence-electron chi connectivity index (χ2n) is 5.30. The van der Waals surface area contributed by atoms with Gasteiger partial charge in [0.2, 0.25) is 10.0 Å². The number of nitrogens with zero attached hydrogens (tertiary/aromatic N) is 1. The van der Waals surface area contributed by atoms with Crippen molar-refractivity contribution in [3.63, 3.8) is 0 Å². The van der Waals surface area contributed by atoms with Crippen molar-refractivity contribution in [2.75, 3.05) is 18.9 Å². The van der Waals surface area contributed by atoms with Crippen molar-refractivity contribution >= 4 is 21.4 Å². The van der Waals surface area contributed by atoms with E-state index in [9.17, 15) is 18.5 Å². The minimum absolute atomic E-state index is 0.0996. The van der Waals surface area contributed by atoms with E-state index in [1.807, 2.05) is 0 Å². The number of anilines is 1. The summed E-state index contributed by atoms with van der Waals surface area (Å²) >= 11 is 0. The van der Waals surface area contributed by atoms with Crippen molar-refractivity contribution in [3.8, 4) is 0 Å². The number of nitro benzene ring substituents is 1. The van der Waals surface area contributed by atoms with E-state index in [-0.39, 0.29) is 22.9 Å². The highest BCUT2D eigenvalue weighted by Gasteiger charge is 2.33. The predicted octanol–water partition coefficient (Wildman–Crippen LogP) is 1.02. The number of sulfonamides is 1. The molecule has 0 aliphatic carbocycles. The molecule has 0 saturated carbocycles. The van der Waals surface area contributed by atoms with E-state index in [0.29, 0.717) is 13.0 Å². The molecule has 1 unspecified atom stereocenters. The summed E-state index contributed by atoms with van der Waals surface area (Å²) in [6.45, 7) is 2.66. The van der Waals surface area contributed by atoms with Gasteiger partial charge in [-0.2, -0.15) is 0 Å². The van der Waals surface area contributed by atoms with Crippen molar-refractivity contribution in [1.82, 2.24) is 4.72 Å². The molecule has 21 heavy (non-hydrogen) atoms. The third-order valence-electron chi connectivity index (χ3n) is 3.32. The molecule has 9 heteroatoms. The van der Waals surface area contributed by atoms with E-state index >= 15 is 0 Å². The zero-order valence-corrected chi connectivity index (χ0v) is 12.4. The fraction of sp³-hybridized carbons (Fsp3) is 0.500. The van der Waals surface area contributed by atoms with Crippen molar-refractivity contribution in [2.24, 2.45) is 0 Å². The number of rotatable bonds is 4. The topological polar surface area (TPSA) is 125 Å². The van der Waals surface area contributed by atoms with Crippen LogP contribution >= 0.6 is 0 Å². The maximum absolute atomic E-state index is 12.3. The number of nitrogen functional groups attached to an aromatic ring is 1. The van der Waals surface area contributed by atoms with Gasteiger partial charge in [0, 0.05) is 12.7 Å². The maximum atomic E-state index is 12.3. The van der Waals surface area contributed by atoms with Crippen LogP contribution in [0.2, 0.25) is 0 Å². The Bertz CT molecular complexity index is 653. The molecule has 0 radical (unpaired) electrons. The number of nitro groups is 1. The normalized spacial score (nSPS) is 22.9. The molecule has 1 aromatic rings. The number of hydrogen-bond acceptors (Lipinski definition) is 6. The molecule has 1 atom stereocenters. The Morgan fingerprint density at radius 3 is 2.71 bits per heavy atom. The van der Waals surface area contributed by atoms with Crippen molar-refractivity contribution < 1.29 is 18.1 Å². The molecule has 0 spiro atoms. The zero-order valence-electron chi connectivity index (χ0n) is 11.5. The van der Waals surface area contributed by atoms with E-state index in [2.05, 4.69) is 4.72 Å². The first-order valence-electron chi connectivity index (χ1n) is 6.39. The molecule has 0 aromatic heterocycles. The summed E-state index contributed by atoms with van der Waals surface area (Å²) in [5, 5.41) is 10.7. The van der Waals surface area contributed by atoms with Gasteiger partial charge >= 0.3 is 0 Å². The lowest BCUT2D eigenvalue weighted by molar-refractivity contribution is -0.383. The Morgan fingerprint density at radius 2 is 2.19 bits per heavy atom. The molecule has 8 nitrogen and oxygen atoms in total. The molecule has 0 bridgehead atoms. The Balaban J connectivity index is 2.27. The van der Waals surface area contributed by atoms with Crippen LogP contribution in [0.1, 0.15) is 19.8 Å². The van der Waals surface area contributed by atoms with Crippen LogP contribution in [0.5, 0.6) is 0 Å². The second kappa shape index (κ2) is 5.58. The largest absolute Gasteiger partial charge is 0.393 e. The molecule has 1 saturated heterocycles. The van der Waals surface area contributed by atoms with E-state index < -0.39 is 20.5 Å². The fourth-order valence-electron chi connectivity index (χ4n) is 2.26. The minimum Gasteiger partial charge on any atom is -0.393 e. The quantitative estimate of drug-likeness (QED) is 0.485. The van der Waals surface area contributed by atoms with Gasteiger partial charge in [-0.05, 0) is 31.9 Å². The lowest BCUT2D eigenvalue weighted by atomic mass is 9.97. The van der Waals surface area contributed by atoms with Crippen molar-refractivity contribution in [2.45, 2.75) is 30.2 Å². The second-order valence-corrected chi connectivity index (χ2v) is 6.98. The molecular weight excluding hydrogens is 298 g/mol. The Labute approximate surface area is 122 Å². The molecule has 1 aliphatic heterocycles. The lowest BCUT2D eigenvalue weighted by Crippen LogP contribution is -2.51. The van der Waals surface area contributed by atoms with Gasteiger partial charge in [0.1, 0.15) is 5.69 Å². The average Bonchev–Trinajstić information content (AvgIpc) is 2.37. The highest BCUT2D eigenvalue weighted by atomic mass is 32.2. The Kier molecular flexibility index (Phi) is 4.17. The summed E-state index contributed by atoms with van der Waals surface area (Å²) in [5.74, 6) is 0. The third-order valence-corrected chi connectivity index (χ3v) is 4.96. The fourth-order valence-corrected chi connectivity index (χ4v) is 3.72. The van der Waals surface area contributed by atoms with Crippen LogP contribution in [0.3, 0.4) is 0 Å². The van der Waals surface area contributed by atoms with E-state index in [1.165, 1.54) is 6.07 Å². The van der Waals surface area contributed by atoms with Gasteiger partial charge in [0.25, 0.3) is 5.69 Å². The summed E-state index contributed by atoms with van der Waals surface area (Å²) < 4.78 is 32.6. The molecule has 1 aliphatic rings. The molecule has 1 aromatic carbocycles. The smallest absolute Gasteiger partial charge is 0.292 e. The predicted molar refractivity (Wildman–Crippen MR) is 76.3 cm³/mol. The highest BCUT2D eigenvalue weighted by molar-refractivity contribution is 7.89. The lowest BCUT2D eigenvalue weighted by Gasteiger charge is -2.33. The summed E-state index contributed by atoms with van der Waals surface area (Å²) in [6, 6.07) is 3.35. The van der Waals surface area contributed by atoms with Crippen molar-refractivity contribution in [1.29, 1.82) is 0 Å². The Morgan fingerprint density at radius 1 is 1.48 bits per heavy atom.